The average molecular weight is 306 g/mol. The summed E-state index contributed by atoms with van der Waals surface area (Å²) >= 11 is 0. The highest BCUT2D eigenvalue weighted by molar-refractivity contribution is 6.12. The van der Waals surface area contributed by atoms with E-state index in [2.05, 4.69) is 5.32 Å². The fraction of sp³-hybridized carbons (Fsp3) is 0.158. The molecule has 0 saturated heterocycles. The van der Waals surface area contributed by atoms with E-state index in [-0.39, 0.29) is 11.5 Å². The summed E-state index contributed by atoms with van der Waals surface area (Å²) in [5.41, 5.74) is 3.72. The molecule has 0 atom stereocenters. The highest BCUT2D eigenvalue weighted by Crippen LogP contribution is 2.22. The number of para-hydroxylation sites is 2. The van der Waals surface area contributed by atoms with Gasteiger partial charge in [-0.25, -0.2) is 0 Å². The van der Waals surface area contributed by atoms with Crippen molar-refractivity contribution in [1.29, 1.82) is 0 Å². The third-order valence-corrected chi connectivity index (χ3v) is 4.12. The van der Waals surface area contributed by atoms with Crippen molar-refractivity contribution in [1.82, 2.24) is 4.57 Å². The van der Waals surface area contributed by atoms with Gasteiger partial charge < -0.3 is 9.88 Å². The molecule has 1 aromatic heterocycles. The number of carbonyl (C=O) groups excluding carboxylic acids is 1. The second-order valence-electron chi connectivity index (χ2n) is 5.69. The molecule has 23 heavy (non-hydrogen) atoms. The molecule has 0 saturated carbocycles. The maximum atomic E-state index is 12.7. The fourth-order valence-electron chi connectivity index (χ4n) is 2.79. The number of aromatic nitrogens is 1. The van der Waals surface area contributed by atoms with Gasteiger partial charge in [0, 0.05) is 24.2 Å². The van der Waals surface area contributed by atoms with Gasteiger partial charge in [0.25, 0.3) is 11.5 Å². The normalized spacial score (nSPS) is 10.7. The lowest BCUT2D eigenvalue weighted by Gasteiger charge is -2.13. The van der Waals surface area contributed by atoms with Crippen LogP contribution < -0.4 is 10.9 Å². The second-order valence-corrected chi connectivity index (χ2v) is 5.69. The number of anilines is 1. The van der Waals surface area contributed by atoms with Gasteiger partial charge in [0.1, 0.15) is 0 Å². The first-order chi connectivity index (χ1) is 11.0. The number of nitrogens with one attached hydrogen (secondary N) is 1. The molecule has 0 aliphatic rings. The topological polar surface area (TPSA) is 51.1 Å². The van der Waals surface area contributed by atoms with Crippen LogP contribution in [-0.2, 0) is 7.05 Å². The van der Waals surface area contributed by atoms with E-state index >= 15 is 0 Å². The third-order valence-electron chi connectivity index (χ3n) is 4.12. The van der Waals surface area contributed by atoms with Gasteiger partial charge in [0.15, 0.2) is 0 Å². The monoisotopic (exact) mass is 306 g/mol. The molecule has 0 unspecified atom stereocenters. The van der Waals surface area contributed by atoms with Crippen LogP contribution in [0.1, 0.15) is 21.5 Å². The molecule has 0 aliphatic carbocycles. The van der Waals surface area contributed by atoms with E-state index in [9.17, 15) is 9.59 Å². The van der Waals surface area contributed by atoms with Crippen LogP contribution in [0.25, 0.3) is 10.9 Å². The minimum atomic E-state index is -0.267. The maximum Gasteiger partial charge on any atom is 0.256 e. The molecule has 4 heteroatoms. The van der Waals surface area contributed by atoms with Crippen molar-refractivity contribution >= 4 is 22.5 Å². The Balaban J connectivity index is 2.12. The number of nitrogens with zero attached hydrogens (tertiary/aromatic N) is 1. The van der Waals surface area contributed by atoms with Gasteiger partial charge in [-0.05, 0) is 31.0 Å². The smallest absolute Gasteiger partial charge is 0.256 e. The Labute approximate surface area is 134 Å². The van der Waals surface area contributed by atoms with Gasteiger partial charge >= 0.3 is 0 Å². The zero-order valence-electron chi connectivity index (χ0n) is 13.4. The number of fused-ring (bicyclic) bond motifs is 1. The Morgan fingerprint density at radius 3 is 2.35 bits per heavy atom. The van der Waals surface area contributed by atoms with Crippen LogP contribution in [0.4, 0.5) is 5.69 Å². The first kappa shape index (κ1) is 15.0. The Morgan fingerprint density at radius 1 is 1.00 bits per heavy atom. The minimum Gasteiger partial charge on any atom is -0.321 e. The molecule has 3 rings (SSSR count). The summed E-state index contributed by atoms with van der Waals surface area (Å²) in [5, 5.41) is 3.71. The number of pyridine rings is 1. The van der Waals surface area contributed by atoms with Crippen molar-refractivity contribution in [2.75, 3.05) is 5.32 Å². The molecular weight excluding hydrogens is 288 g/mol. The summed E-state index contributed by atoms with van der Waals surface area (Å²) in [4.78, 5) is 24.9. The molecule has 1 N–H and O–H groups in total. The van der Waals surface area contributed by atoms with Crippen LogP contribution in [-0.4, -0.2) is 10.5 Å². The van der Waals surface area contributed by atoms with Crippen LogP contribution in [0.5, 0.6) is 0 Å². The van der Waals surface area contributed by atoms with Crippen molar-refractivity contribution in [2.45, 2.75) is 13.8 Å². The van der Waals surface area contributed by atoms with E-state index in [0.29, 0.717) is 5.56 Å². The molecule has 2 aromatic carbocycles. The number of carbonyl (C=O) groups is 1. The summed E-state index contributed by atoms with van der Waals surface area (Å²) in [6, 6.07) is 14.7. The first-order valence-corrected chi connectivity index (χ1v) is 7.45. The van der Waals surface area contributed by atoms with Crippen LogP contribution in [0.2, 0.25) is 0 Å². The molecule has 0 aliphatic heterocycles. The molecule has 0 bridgehead atoms. The van der Waals surface area contributed by atoms with Crippen LogP contribution >= 0.6 is 0 Å². The van der Waals surface area contributed by atoms with Crippen molar-refractivity contribution in [3.63, 3.8) is 0 Å². The first-order valence-electron chi connectivity index (χ1n) is 7.45. The van der Waals surface area contributed by atoms with Gasteiger partial charge in [0.2, 0.25) is 0 Å². The number of amides is 1. The molecule has 4 nitrogen and oxygen atoms in total. The summed E-state index contributed by atoms with van der Waals surface area (Å²) in [6.07, 6.45) is 0. The number of benzene rings is 2. The number of aryl methyl sites for hydroxylation is 3. The highest BCUT2D eigenvalue weighted by atomic mass is 16.2. The molecule has 0 fully saturated rings. The van der Waals surface area contributed by atoms with Crippen molar-refractivity contribution in [3.8, 4) is 0 Å². The quantitative estimate of drug-likeness (QED) is 0.789. The van der Waals surface area contributed by atoms with Crippen LogP contribution in [0.15, 0.2) is 53.3 Å². The molecule has 0 spiro atoms. The van der Waals surface area contributed by atoms with Crippen molar-refractivity contribution < 1.29 is 4.79 Å². The van der Waals surface area contributed by atoms with Crippen molar-refractivity contribution in [2.24, 2.45) is 7.05 Å². The highest BCUT2D eigenvalue weighted by Gasteiger charge is 2.15. The Bertz CT molecular complexity index is 951. The third kappa shape index (κ3) is 2.63. The molecule has 116 valence electrons. The lowest BCUT2D eigenvalue weighted by atomic mass is 10.1. The molecule has 1 amide bonds. The van der Waals surface area contributed by atoms with E-state index in [0.717, 1.165) is 27.7 Å². The number of hydrogen-bond acceptors (Lipinski definition) is 2. The summed E-state index contributed by atoms with van der Waals surface area (Å²) in [5.74, 6) is -0.267. The molecule has 0 radical (unpaired) electrons. The van der Waals surface area contributed by atoms with E-state index in [1.807, 2.05) is 56.3 Å². The van der Waals surface area contributed by atoms with E-state index in [4.69, 9.17) is 0 Å². The zero-order valence-corrected chi connectivity index (χ0v) is 13.4. The SMILES string of the molecule is Cc1cccc(C)c1NC(=O)c1cc(=O)n(C)c2ccccc12. The Kier molecular flexibility index (Phi) is 3.74. The number of rotatable bonds is 2. The van der Waals surface area contributed by atoms with Crippen LogP contribution in [0.3, 0.4) is 0 Å². The fourth-order valence-corrected chi connectivity index (χ4v) is 2.79. The Morgan fingerprint density at radius 2 is 1.65 bits per heavy atom. The summed E-state index contributed by atoms with van der Waals surface area (Å²) in [6.45, 7) is 3.90. The standard InChI is InChI=1S/C19H18N2O2/c1-12-7-6-8-13(2)18(12)20-19(23)15-11-17(22)21(3)16-10-5-4-9-14(15)16/h4-11H,1-3H3,(H,20,23). The predicted molar refractivity (Wildman–Crippen MR) is 93.1 cm³/mol. The second kappa shape index (κ2) is 5.72. The van der Waals surface area contributed by atoms with Gasteiger partial charge in [-0.1, -0.05) is 36.4 Å². The lowest BCUT2D eigenvalue weighted by Crippen LogP contribution is -2.22. The molecule has 1 heterocycles. The van der Waals surface area contributed by atoms with Gasteiger partial charge in [-0.15, -0.1) is 0 Å². The van der Waals surface area contributed by atoms with Crippen molar-refractivity contribution in [3.05, 3.63) is 75.6 Å². The van der Waals surface area contributed by atoms with E-state index in [1.54, 1.807) is 11.6 Å². The van der Waals surface area contributed by atoms with Gasteiger partial charge in [0.05, 0.1) is 11.1 Å². The lowest BCUT2D eigenvalue weighted by molar-refractivity contribution is 0.102. The zero-order chi connectivity index (χ0) is 16.6. The molecular formula is C19H18N2O2. The minimum absolute atomic E-state index is 0.199. The van der Waals surface area contributed by atoms with Crippen LogP contribution in [0, 0.1) is 13.8 Å². The molecule has 3 aromatic rings. The van der Waals surface area contributed by atoms with Gasteiger partial charge in [-0.3, -0.25) is 9.59 Å². The van der Waals surface area contributed by atoms with Gasteiger partial charge in [-0.2, -0.15) is 0 Å². The van der Waals surface area contributed by atoms with E-state index in [1.165, 1.54) is 6.07 Å². The average Bonchev–Trinajstić information content (AvgIpc) is 2.54. The summed E-state index contributed by atoms with van der Waals surface area (Å²) < 4.78 is 1.55. The predicted octanol–water partition coefficient (Wildman–Crippen LogP) is 3.41. The Hall–Kier alpha value is -2.88. The number of hydrogen-bond donors (Lipinski definition) is 1. The van der Waals surface area contributed by atoms with E-state index < -0.39 is 0 Å². The maximum absolute atomic E-state index is 12.7. The largest absolute Gasteiger partial charge is 0.321 e. The summed E-state index contributed by atoms with van der Waals surface area (Å²) in [7, 11) is 1.71.